The molecule has 0 aliphatic heterocycles. The topological polar surface area (TPSA) is 61.2 Å². The second-order valence-corrected chi connectivity index (χ2v) is 6.22. The van der Waals surface area contributed by atoms with E-state index in [4.69, 9.17) is 4.74 Å². The molecule has 116 valence electrons. The van der Waals surface area contributed by atoms with Gasteiger partial charge in [-0.25, -0.2) is 4.79 Å². The number of aromatic nitrogens is 2. The van der Waals surface area contributed by atoms with Crippen molar-refractivity contribution >= 4 is 12.3 Å². The van der Waals surface area contributed by atoms with Crippen LogP contribution in [0.4, 0.5) is 0 Å². The first-order valence-corrected chi connectivity index (χ1v) is 7.10. The van der Waals surface area contributed by atoms with Crippen molar-refractivity contribution in [2.24, 2.45) is 0 Å². The normalized spacial score (nSPS) is 11.3. The lowest BCUT2D eigenvalue weighted by Gasteiger charge is -2.19. The predicted molar refractivity (Wildman–Crippen MR) is 83.1 cm³/mol. The van der Waals surface area contributed by atoms with Gasteiger partial charge >= 0.3 is 5.97 Å². The molecule has 0 N–H and O–H groups in total. The minimum Gasteiger partial charge on any atom is -0.456 e. The second kappa shape index (κ2) is 6.13. The van der Waals surface area contributed by atoms with Crippen molar-refractivity contribution < 1.29 is 14.3 Å². The standard InChI is InChI=1S/C17H20N2O3/c1-12-9-19(18-15(12)11-20)10-13-6-5-7-14(8-13)16(21)22-17(2,3)4/h5-9,11H,10H2,1-4H3. The van der Waals surface area contributed by atoms with Crippen molar-refractivity contribution in [2.45, 2.75) is 39.8 Å². The van der Waals surface area contributed by atoms with Crippen molar-refractivity contribution in [3.63, 3.8) is 0 Å². The average Bonchev–Trinajstić information content (AvgIpc) is 2.77. The van der Waals surface area contributed by atoms with E-state index in [9.17, 15) is 9.59 Å². The van der Waals surface area contributed by atoms with Gasteiger partial charge in [-0.1, -0.05) is 12.1 Å². The molecule has 2 aromatic rings. The maximum Gasteiger partial charge on any atom is 0.338 e. The number of carbonyl (C=O) groups excluding carboxylic acids is 2. The summed E-state index contributed by atoms with van der Waals surface area (Å²) >= 11 is 0. The zero-order valence-corrected chi connectivity index (χ0v) is 13.3. The van der Waals surface area contributed by atoms with E-state index in [1.807, 2.05) is 46.0 Å². The van der Waals surface area contributed by atoms with E-state index in [0.29, 0.717) is 17.8 Å². The minimum atomic E-state index is -0.523. The average molecular weight is 300 g/mol. The van der Waals surface area contributed by atoms with Crippen molar-refractivity contribution in [3.05, 3.63) is 52.8 Å². The molecule has 1 heterocycles. The number of aldehydes is 1. The van der Waals surface area contributed by atoms with Crippen LogP contribution in [0.25, 0.3) is 0 Å². The highest BCUT2D eigenvalue weighted by Crippen LogP contribution is 2.14. The van der Waals surface area contributed by atoms with Crippen molar-refractivity contribution in [1.82, 2.24) is 9.78 Å². The highest BCUT2D eigenvalue weighted by Gasteiger charge is 2.18. The maximum absolute atomic E-state index is 12.1. The molecule has 0 saturated heterocycles. The van der Waals surface area contributed by atoms with Gasteiger partial charge in [0, 0.05) is 6.20 Å². The van der Waals surface area contributed by atoms with E-state index in [1.54, 1.807) is 16.8 Å². The van der Waals surface area contributed by atoms with Crippen LogP contribution in [0.1, 0.15) is 52.7 Å². The van der Waals surface area contributed by atoms with Crippen LogP contribution < -0.4 is 0 Å². The Morgan fingerprint density at radius 1 is 1.36 bits per heavy atom. The molecule has 2 rings (SSSR count). The molecule has 5 heteroatoms. The fourth-order valence-electron chi connectivity index (χ4n) is 2.05. The van der Waals surface area contributed by atoms with Gasteiger partial charge in [-0.15, -0.1) is 0 Å². The third-order valence-corrected chi connectivity index (χ3v) is 3.00. The Morgan fingerprint density at radius 2 is 2.09 bits per heavy atom. The number of benzene rings is 1. The Hall–Kier alpha value is -2.43. The van der Waals surface area contributed by atoms with Crippen molar-refractivity contribution in [3.8, 4) is 0 Å². The van der Waals surface area contributed by atoms with Gasteiger partial charge in [0.1, 0.15) is 11.3 Å². The summed E-state index contributed by atoms with van der Waals surface area (Å²) in [5.41, 5.74) is 2.17. The van der Waals surface area contributed by atoms with E-state index in [2.05, 4.69) is 5.10 Å². The monoisotopic (exact) mass is 300 g/mol. The van der Waals surface area contributed by atoms with E-state index < -0.39 is 5.60 Å². The molecule has 1 aromatic heterocycles. The molecule has 0 aliphatic rings. The Bertz CT molecular complexity index is 696. The number of aryl methyl sites for hydroxylation is 1. The zero-order chi connectivity index (χ0) is 16.3. The third kappa shape index (κ3) is 4.04. The molecule has 0 radical (unpaired) electrons. The molecule has 0 saturated carbocycles. The number of carbonyl (C=O) groups is 2. The number of nitrogens with zero attached hydrogens (tertiary/aromatic N) is 2. The second-order valence-electron chi connectivity index (χ2n) is 6.22. The van der Waals surface area contributed by atoms with Crippen LogP contribution in [0.2, 0.25) is 0 Å². The molecule has 0 spiro atoms. The van der Waals surface area contributed by atoms with Crippen LogP contribution in [0.15, 0.2) is 30.5 Å². The number of hydrogen-bond donors (Lipinski definition) is 0. The predicted octanol–water partition coefficient (Wildman–Crippen LogP) is 3.01. The quantitative estimate of drug-likeness (QED) is 0.643. The highest BCUT2D eigenvalue weighted by molar-refractivity contribution is 5.89. The number of ether oxygens (including phenoxy) is 1. The number of hydrogen-bond acceptors (Lipinski definition) is 4. The van der Waals surface area contributed by atoms with Gasteiger partial charge < -0.3 is 4.74 Å². The van der Waals surface area contributed by atoms with Crippen LogP contribution in [-0.4, -0.2) is 27.6 Å². The molecular weight excluding hydrogens is 280 g/mol. The van der Waals surface area contributed by atoms with Crippen LogP contribution in [0, 0.1) is 6.92 Å². The Kier molecular flexibility index (Phi) is 4.45. The van der Waals surface area contributed by atoms with Crippen molar-refractivity contribution in [2.75, 3.05) is 0 Å². The van der Waals surface area contributed by atoms with Gasteiger partial charge in [0.2, 0.25) is 0 Å². The molecular formula is C17H20N2O3. The van der Waals surface area contributed by atoms with E-state index in [-0.39, 0.29) is 5.97 Å². The molecule has 0 unspecified atom stereocenters. The lowest BCUT2D eigenvalue weighted by Crippen LogP contribution is -2.24. The molecule has 5 nitrogen and oxygen atoms in total. The summed E-state index contributed by atoms with van der Waals surface area (Å²) in [7, 11) is 0. The number of esters is 1. The minimum absolute atomic E-state index is 0.348. The summed E-state index contributed by atoms with van der Waals surface area (Å²) in [6, 6.07) is 7.23. The molecule has 0 aliphatic carbocycles. The van der Waals surface area contributed by atoms with Gasteiger partial charge in [-0.2, -0.15) is 5.10 Å². The summed E-state index contributed by atoms with van der Waals surface area (Å²) in [5, 5.41) is 4.19. The molecule has 0 bridgehead atoms. The summed E-state index contributed by atoms with van der Waals surface area (Å²) < 4.78 is 7.05. The first-order chi connectivity index (χ1) is 10.3. The van der Waals surface area contributed by atoms with Crippen LogP contribution in [0.3, 0.4) is 0 Å². The molecule has 0 atom stereocenters. The maximum atomic E-state index is 12.1. The lowest BCUT2D eigenvalue weighted by molar-refractivity contribution is 0.00693. The van der Waals surface area contributed by atoms with E-state index in [0.717, 1.165) is 17.4 Å². The summed E-state index contributed by atoms with van der Waals surface area (Å²) in [4.78, 5) is 22.9. The molecule has 0 fully saturated rings. The molecule has 0 amide bonds. The van der Waals surface area contributed by atoms with E-state index in [1.165, 1.54) is 0 Å². The fourth-order valence-corrected chi connectivity index (χ4v) is 2.05. The number of rotatable bonds is 4. The van der Waals surface area contributed by atoms with Gasteiger partial charge in [0.15, 0.2) is 6.29 Å². The largest absolute Gasteiger partial charge is 0.456 e. The van der Waals surface area contributed by atoms with Gasteiger partial charge in [-0.3, -0.25) is 9.48 Å². The van der Waals surface area contributed by atoms with Gasteiger partial charge in [0.25, 0.3) is 0 Å². The summed E-state index contributed by atoms with van der Waals surface area (Å²) in [6.45, 7) is 7.84. The van der Waals surface area contributed by atoms with Crippen LogP contribution in [-0.2, 0) is 11.3 Å². The summed E-state index contributed by atoms with van der Waals surface area (Å²) in [6.07, 6.45) is 2.55. The third-order valence-electron chi connectivity index (χ3n) is 3.00. The Balaban J connectivity index is 2.17. The molecule has 1 aromatic carbocycles. The van der Waals surface area contributed by atoms with Gasteiger partial charge in [-0.05, 0) is 51.0 Å². The first-order valence-electron chi connectivity index (χ1n) is 7.10. The first kappa shape index (κ1) is 15.9. The molecule has 22 heavy (non-hydrogen) atoms. The van der Waals surface area contributed by atoms with Gasteiger partial charge in [0.05, 0.1) is 12.1 Å². The fraction of sp³-hybridized carbons (Fsp3) is 0.353. The lowest BCUT2D eigenvalue weighted by atomic mass is 10.1. The summed E-state index contributed by atoms with van der Waals surface area (Å²) in [5.74, 6) is -0.348. The highest BCUT2D eigenvalue weighted by atomic mass is 16.6. The zero-order valence-electron chi connectivity index (χ0n) is 13.3. The smallest absolute Gasteiger partial charge is 0.338 e. The van der Waals surface area contributed by atoms with Crippen molar-refractivity contribution in [1.29, 1.82) is 0 Å². The Morgan fingerprint density at radius 3 is 2.68 bits per heavy atom. The van der Waals surface area contributed by atoms with Crippen LogP contribution >= 0.6 is 0 Å². The van der Waals surface area contributed by atoms with Crippen LogP contribution in [0.5, 0.6) is 0 Å². The SMILES string of the molecule is Cc1cn(Cc2cccc(C(=O)OC(C)(C)C)c2)nc1C=O. The van der Waals surface area contributed by atoms with E-state index >= 15 is 0 Å². The Labute approximate surface area is 129 Å².